The van der Waals surface area contributed by atoms with E-state index in [9.17, 15) is 18.0 Å². The van der Waals surface area contributed by atoms with Gasteiger partial charge in [0.15, 0.2) is 0 Å². The van der Waals surface area contributed by atoms with E-state index >= 15 is 0 Å². The molecular formula is C12H14BrF3N2O2. The second kappa shape index (κ2) is 5.99. The van der Waals surface area contributed by atoms with Gasteiger partial charge in [0.05, 0.1) is 5.69 Å². The third kappa shape index (κ3) is 5.36. The fourth-order valence-corrected chi connectivity index (χ4v) is 1.58. The number of carbonyl (C=O) groups is 1. The van der Waals surface area contributed by atoms with Crippen LogP contribution >= 0.6 is 15.9 Å². The second-order valence-corrected chi connectivity index (χ2v) is 5.55. The number of hydrogen-bond donors (Lipinski definition) is 1. The average molecular weight is 355 g/mol. The molecule has 20 heavy (non-hydrogen) atoms. The van der Waals surface area contributed by atoms with Gasteiger partial charge in [0.2, 0.25) is 0 Å². The number of pyridine rings is 1. The Morgan fingerprint density at radius 2 is 1.95 bits per heavy atom. The number of halogens is 4. The first-order chi connectivity index (χ1) is 9.01. The zero-order valence-electron chi connectivity index (χ0n) is 11.1. The Morgan fingerprint density at radius 1 is 1.35 bits per heavy atom. The maximum absolute atomic E-state index is 12.7. The van der Waals surface area contributed by atoms with Gasteiger partial charge in [-0.15, -0.1) is 0 Å². The molecule has 112 valence electrons. The van der Waals surface area contributed by atoms with Crippen LogP contribution in [-0.4, -0.2) is 16.7 Å². The Bertz CT molecular complexity index is 498. The molecule has 0 saturated carbocycles. The Kier molecular flexibility index (Phi) is 5.01. The van der Waals surface area contributed by atoms with Crippen LogP contribution in [0.25, 0.3) is 0 Å². The second-order valence-electron chi connectivity index (χ2n) is 4.99. The van der Waals surface area contributed by atoms with Crippen molar-refractivity contribution >= 4 is 27.7 Å². The van der Waals surface area contributed by atoms with Crippen LogP contribution in [0.3, 0.4) is 0 Å². The largest absolute Gasteiger partial charge is 0.444 e. The van der Waals surface area contributed by atoms with Crippen molar-refractivity contribution in [2.75, 3.05) is 5.32 Å². The van der Waals surface area contributed by atoms with Crippen LogP contribution in [0.2, 0.25) is 0 Å². The van der Waals surface area contributed by atoms with E-state index in [0.29, 0.717) is 0 Å². The first kappa shape index (κ1) is 16.7. The molecule has 1 N–H and O–H groups in total. The van der Waals surface area contributed by atoms with Crippen LogP contribution in [0.5, 0.6) is 0 Å². The van der Waals surface area contributed by atoms with Crippen LogP contribution < -0.4 is 5.32 Å². The molecule has 1 heterocycles. The number of ether oxygens (including phenoxy) is 1. The van der Waals surface area contributed by atoms with Gasteiger partial charge in [-0.25, -0.2) is 9.78 Å². The van der Waals surface area contributed by atoms with Crippen molar-refractivity contribution in [2.45, 2.75) is 37.9 Å². The zero-order valence-corrected chi connectivity index (χ0v) is 12.7. The summed E-state index contributed by atoms with van der Waals surface area (Å²) in [4.78, 5) is 15.0. The molecule has 1 rings (SSSR count). The number of alkyl halides is 4. The lowest BCUT2D eigenvalue weighted by Crippen LogP contribution is -2.27. The summed E-state index contributed by atoms with van der Waals surface area (Å²) in [5.74, 6) is 0. The van der Waals surface area contributed by atoms with Crippen molar-refractivity contribution in [2.24, 2.45) is 0 Å². The molecule has 8 heteroatoms. The Hall–Kier alpha value is -1.31. The molecule has 0 unspecified atom stereocenters. The zero-order chi connectivity index (χ0) is 15.6. The minimum Gasteiger partial charge on any atom is -0.444 e. The van der Waals surface area contributed by atoms with E-state index < -0.39 is 23.6 Å². The summed E-state index contributed by atoms with van der Waals surface area (Å²) in [6.07, 6.45) is -5.40. The summed E-state index contributed by atoms with van der Waals surface area (Å²) in [5, 5.41) is 2.40. The molecule has 0 radical (unpaired) electrons. The van der Waals surface area contributed by atoms with Crippen LogP contribution in [0.1, 0.15) is 32.2 Å². The molecule has 0 fully saturated rings. The number of nitrogens with one attached hydrogen (secondary N) is 1. The number of rotatable bonds is 2. The standard InChI is InChI=1S/C12H14BrF3N2O2/c1-11(2,3)20-10(19)18-7-4-8(6-13)17-9(5-7)12(14,15)16/h4-5H,6H2,1-3H3,(H,17,18,19). The molecule has 4 nitrogen and oxygen atoms in total. The van der Waals surface area contributed by atoms with E-state index in [0.717, 1.165) is 6.07 Å². The van der Waals surface area contributed by atoms with Crippen LogP contribution in [0.15, 0.2) is 12.1 Å². The summed E-state index contributed by atoms with van der Waals surface area (Å²) in [5.41, 5.74) is -1.66. The normalized spacial score (nSPS) is 12.2. The molecule has 0 spiro atoms. The predicted molar refractivity (Wildman–Crippen MR) is 71.7 cm³/mol. The van der Waals surface area contributed by atoms with Gasteiger partial charge in [0.25, 0.3) is 0 Å². The summed E-state index contributed by atoms with van der Waals surface area (Å²) >= 11 is 3.03. The number of amides is 1. The van der Waals surface area contributed by atoms with E-state index in [2.05, 4.69) is 26.2 Å². The summed E-state index contributed by atoms with van der Waals surface area (Å²) < 4.78 is 43.0. The third-order valence-electron chi connectivity index (χ3n) is 1.95. The molecular weight excluding hydrogens is 341 g/mol. The Labute approximate surface area is 122 Å². The van der Waals surface area contributed by atoms with Crippen molar-refractivity contribution in [1.82, 2.24) is 4.98 Å². The number of carbonyl (C=O) groups excluding carboxylic acids is 1. The van der Waals surface area contributed by atoms with Crippen molar-refractivity contribution in [1.29, 1.82) is 0 Å². The van der Waals surface area contributed by atoms with Gasteiger partial charge in [0, 0.05) is 11.0 Å². The average Bonchev–Trinajstić information content (AvgIpc) is 2.24. The maximum Gasteiger partial charge on any atom is 0.433 e. The molecule has 0 bridgehead atoms. The van der Waals surface area contributed by atoms with Gasteiger partial charge < -0.3 is 4.74 Å². The van der Waals surface area contributed by atoms with Gasteiger partial charge >= 0.3 is 12.3 Å². The van der Waals surface area contributed by atoms with Crippen molar-refractivity contribution in [3.8, 4) is 0 Å². The fraction of sp³-hybridized carbons (Fsp3) is 0.500. The van der Waals surface area contributed by atoms with Gasteiger partial charge in [-0.2, -0.15) is 13.2 Å². The minimum atomic E-state index is -4.58. The first-order valence-corrected chi connectivity index (χ1v) is 6.77. The highest BCUT2D eigenvalue weighted by molar-refractivity contribution is 9.08. The van der Waals surface area contributed by atoms with E-state index in [1.807, 2.05) is 0 Å². The fourth-order valence-electron chi connectivity index (χ4n) is 1.30. The predicted octanol–water partition coefficient (Wildman–Crippen LogP) is 4.34. The number of anilines is 1. The minimum absolute atomic E-state index is 0.0176. The highest BCUT2D eigenvalue weighted by Crippen LogP contribution is 2.30. The van der Waals surface area contributed by atoms with E-state index in [-0.39, 0.29) is 16.7 Å². The Morgan fingerprint density at radius 3 is 2.40 bits per heavy atom. The monoisotopic (exact) mass is 354 g/mol. The lowest BCUT2D eigenvalue weighted by Gasteiger charge is -2.20. The lowest BCUT2D eigenvalue weighted by molar-refractivity contribution is -0.141. The van der Waals surface area contributed by atoms with Gasteiger partial charge in [-0.05, 0) is 32.9 Å². The molecule has 0 aliphatic heterocycles. The van der Waals surface area contributed by atoms with E-state index in [1.54, 1.807) is 20.8 Å². The molecule has 0 aliphatic rings. The van der Waals surface area contributed by atoms with Crippen LogP contribution in [0.4, 0.5) is 23.7 Å². The Balaban J connectivity index is 2.98. The molecule has 1 aromatic rings. The highest BCUT2D eigenvalue weighted by atomic mass is 79.9. The highest BCUT2D eigenvalue weighted by Gasteiger charge is 2.33. The lowest BCUT2D eigenvalue weighted by atomic mass is 10.2. The van der Waals surface area contributed by atoms with E-state index in [4.69, 9.17) is 4.74 Å². The molecule has 0 saturated heterocycles. The molecule has 0 aliphatic carbocycles. The smallest absolute Gasteiger partial charge is 0.433 e. The molecule has 0 atom stereocenters. The third-order valence-corrected chi connectivity index (χ3v) is 2.53. The van der Waals surface area contributed by atoms with Crippen LogP contribution in [-0.2, 0) is 16.2 Å². The summed E-state index contributed by atoms with van der Waals surface area (Å²) in [7, 11) is 0. The van der Waals surface area contributed by atoms with Crippen molar-refractivity contribution < 1.29 is 22.7 Å². The number of nitrogens with zero attached hydrogens (tertiary/aromatic N) is 1. The first-order valence-electron chi connectivity index (χ1n) is 5.65. The SMILES string of the molecule is CC(C)(C)OC(=O)Nc1cc(CBr)nc(C(F)(F)F)c1. The quantitative estimate of drug-likeness (QED) is 0.803. The number of hydrogen-bond acceptors (Lipinski definition) is 3. The molecule has 1 aromatic heterocycles. The van der Waals surface area contributed by atoms with Crippen molar-refractivity contribution in [3.05, 3.63) is 23.5 Å². The van der Waals surface area contributed by atoms with Gasteiger partial charge in [0.1, 0.15) is 11.3 Å². The summed E-state index contributed by atoms with van der Waals surface area (Å²) in [6, 6.07) is 2.10. The van der Waals surface area contributed by atoms with Crippen molar-refractivity contribution in [3.63, 3.8) is 0 Å². The topological polar surface area (TPSA) is 51.2 Å². The maximum atomic E-state index is 12.7. The van der Waals surface area contributed by atoms with Gasteiger partial charge in [-0.3, -0.25) is 5.32 Å². The number of aromatic nitrogens is 1. The molecule has 1 amide bonds. The van der Waals surface area contributed by atoms with E-state index in [1.165, 1.54) is 6.07 Å². The van der Waals surface area contributed by atoms with Crippen LogP contribution in [0, 0.1) is 0 Å². The molecule has 0 aromatic carbocycles. The van der Waals surface area contributed by atoms with Gasteiger partial charge in [-0.1, -0.05) is 15.9 Å². The summed E-state index contributed by atoms with van der Waals surface area (Å²) in [6.45, 7) is 4.97.